The number of thioether (sulfide) groups is 1. The van der Waals surface area contributed by atoms with Crippen LogP contribution in [0.15, 0.2) is 54.1 Å². The first kappa shape index (κ1) is 11.4. The molecule has 0 fully saturated rings. The molecule has 0 aliphatic carbocycles. The number of carbonyl (C=O) groups is 1. The lowest BCUT2D eigenvalue weighted by Gasteiger charge is -2.21. The third kappa shape index (κ3) is 2.14. The Labute approximate surface area is 110 Å². The fourth-order valence-electron chi connectivity index (χ4n) is 2.16. The van der Waals surface area contributed by atoms with Crippen molar-refractivity contribution in [2.24, 2.45) is 0 Å². The maximum Gasteiger partial charge on any atom is 0.237 e. The maximum absolute atomic E-state index is 11.8. The van der Waals surface area contributed by atoms with Crippen molar-refractivity contribution in [3.63, 3.8) is 0 Å². The summed E-state index contributed by atoms with van der Waals surface area (Å²) < 4.78 is 0. The number of nitrogens with zero attached hydrogens (tertiary/aromatic N) is 1. The van der Waals surface area contributed by atoms with Crippen molar-refractivity contribution >= 4 is 28.4 Å². The van der Waals surface area contributed by atoms with Gasteiger partial charge in [0.1, 0.15) is 0 Å². The van der Waals surface area contributed by atoms with Crippen LogP contribution in [0.2, 0.25) is 0 Å². The zero-order valence-electron chi connectivity index (χ0n) is 9.87. The molecule has 2 nitrogen and oxygen atoms in total. The molecule has 0 atom stereocenters. The lowest BCUT2D eigenvalue weighted by molar-refractivity contribution is -0.126. The monoisotopic (exact) mass is 255 g/mol. The van der Waals surface area contributed by atoms with Gasteiger partial charge in [-0.1, -0.05) is 42.5 Å². The molecule has 1 heterocycles. The molecular weight excluding hydrogens is 242 g/mol. The summed E-state index contributed by atoms with van der Waals surface area (Å²) in [6.07, 6.45) is 1.87. The average molecular weight is 255 g/mol. The van der Waals surface area contributed by atoms with Crippen LogP contribution in [0.25, 0.3) is 10.8 Å². The first-order valence-electron chi connectivity index (χ1n) is 5.89. The predicted octanol–water partition coefficient (Wildman–Crippen LogP) is 3.39. The van der Waals surface area contributed by atoms with E-state index in [4.69, 9.17) is 0 Å². The highest BCUT2D eigenvalue weighted by Crippen LogP contribution is 2.22. The summed E-state index contributed by atoms with van der Waals surface area (Å²) in [6, 6.07) is 14.5. The number of fused-ring (bicyclic) bond motifs is 1. The van der Waals surface area contributed by atoms with Crippen LogP contribution in [0.4, 0.5) is 0 Å². The first-order valence-corrected chi connectivity index (χ1v) is 6.94. The van der Waals surface area contributed by atoms with E-state index in [0.717, 1.165) is 0 Å². The Morgan fingerprint density at radius 2 is 1.94 bits per heavy atom. The molecule has 0 saturated heterocycles. The Kier molecular flexibility index (Phi) is 3.07. The molecule has 1 amide bonds. The third-order valence-corrected chi connectivity index (χ3v) is 3.81. The lowest BCUT2D eigenvalue weighted by Crippen LogP contribution is -2.28. The van der Waals surface area contributed by atoms with E-state index in [1.165, 1.54) is 16.3 Å². The van der Waals surface area contributed by atoms with Gasteiger partial charge in [-0.05, 0) is 21.7 Å². The van der Waals surface area contributed by atoms with E-state index in [1.54, 1.807) is 16.7 Å². The van der Waals surface area contributed by atoms with Crippen LogP contribution in [-0.2, 0) is 11.3 Å². The highest BCUT2D eigenvalue weighted by Gasteiger charge is 2.15. The van der Waals surface area contributed by atoms with Gasteiger partial charge in [0.2, 0.25) is 5.91 Å². The smallest absolute Gasteiger partial charge is 0.237 e. The van der Waals surface area contributed by atoms with Crippen LogP contribution in [0.3, 0.4) is 0 Å². The molecule has 18 heavy (non-hydrogen) atoms. The molecule has 0 spiro atoms. The van der Waals surface area contributed by atoms with Crippen LogP contribution in [0.1, 0.15) is 5.56 Å². The summed E-state index contributed by atoms with van der Waals surface area (Å²) in [5.74, 6) is 0.719. The molecule has 0 saturated carbocycles. The van der Waals surface area contributed by atoms with Gasteiger partial charge in [0.25, 0.3) is 0 Å². The summed E-state index contributed by atoms with van der Waals surface area (Å²) in [6.45, 7) is 0.650. The van der Waals surface area contributed by atoms with Crippen molar-refractivity contribution in [3.05, 3.63) is 59.6 Å². The van der Waals surface area contributed by atoms with Gasteiger partial charge in [-0.15, -0.1) is 11.8 Å². The first-order chi connectivity index (χ1) is 8.84. The SMILES string of the molecule is O=C1CSC=CN1Cc1cccc2ccccc12. The fraction of sp³-hybridized carbons (Fsp3) is 0.133. The summed E-state index contributed by atoms with van der Waals surface area (Å²) >= 11 is 1.55. The molecule has 1 aliphatic rings. The molecule has 90 valence electrons. The van der Waals surface area contributed by atoms with Crippen LogP contribution in [0, 0.1) is 0 Å². The summed E-state index contributed by atoms with van der Waals surface area (Å²) in [7, 11) is 0. The standard InChI is InChI=1S/C15H13NOS/c17-15-11-18-9-8-16(15)10-13-6-3-5-12-4-1-2-7-14(12)13/h1-9H,10-11H2. The minimum absolute atomic E-state index is 0.176. The van der Waals surface area contributed by atoms with Crippen LogP contribution in [-0.4, -0.2) is 16.6 Å². The molecule has 0 aromatic heterocycles. The Hall–Kier alpha value is -1.74. The highest BCUT2D eigenvalue weighted by molar-refractivity contribution is 8.02. The number of amides is 1. The molecule has 0 radical (unpaired) electrons. The van der Waals surface area contributed by atoms with E-state index in [9.17, 15) is 4.79 Å². The van der Waals surface area contributed by atoms with Gasteiger partial charge < -0.3 is 4.90 Å². The second-order valence-corrected chi connectivity index (χ2v) is 5.15. The zero-order chi connectivity index (χ0) is 12.4. The van der Waals surface area contributed by atoms with E-state index >= 15 is 0 Å². The molecule has 3 rings (SSSR count). The fourth-order valence-corrected chi connectivity index (χ4v) is 2.79. The van der Waals surface area contributed by atoms with Gasteiger partial charge in [-0.2, -0.15) is 0 Å². The van der Waals surface area contributed by atoms with Gasteiger partial charge in [0.05, 0.1) is 12.3 Å². The van der Waals surface area contributed by atoms with Gasteiger partial charge in [-0.3, -0.25) is 4.79 Å². The van der Waals surface area contributed by atoms with E-state index in [2.05, 4.69) is 24.3 Å². The van der Waals surface area contributed by atoms with E-state index in [1.807, 2.05) is 29.8 Å². The number of rotatable bonds is 2. The molecule has 3 heteroatoms. The van der Waals surface area contributed by atoms with Gasteiger partial charge >= 0.3 is 0 Å². The second-order valence-electron chi connectivity index (χ2n) is 4.26. The van der Waals surface area contributed by atoms with E-state index in [-0.39, 0.29) is 5.91 Å². The molecular formula is C15H13NOS. The number of carbonyl (C=O) groups excluding carboxylic acids is 1. The number of benzene rings is 2. The molecule has 0 N–H and O–H groups in total. The van der Waals surface area contributed by atoms with E-state index in [0.29, 0.717) is 12.3 Å². The quantitative estimate of drug-likeness (QED) is 0.820. The van der Waals surface area contributed by atoms with Crippen LogP contribution >= 0.6 is 11.8 Å². The van der Waals surface area contributed by atoms with Gasteiger partial charge in [0.15, 0.2) is 0 Å². The molecule has 0 unspecified atom stereocenters. The predicted molar refractivity (Wildman–Crippen MR) is 76.1 cm³/mol. The summed E-state index contributed by atoms with van der Waals surface area (Å²) in [5.41, 5.74) is 1.19. The molecule has 2 aromatic rings. The minimum Gasteiger partial charge on any atom is -0.313 e. The largest absolute Gasteiger partial charge is 0.313 e. The van der Waals surface area contributed by atoms with Crippen molar-refractivity contribution in [1.29, 1.82) is 0 Å². The summed E-state index contributed by atoms with van der Waals surface area (Å²) in [4.78, 5) is 13.6. The van der Waals surface area contributed by atoms with Crippen molar-refractivity contribution in [1.82, 2.24) is 4.90 Å². The van der Waals surface area contributed by atoms with Crippen molar-refractivity contribution in [2.75, 3.05) is 5.75 Å². The topological polar surface area (TPSA) is 20.3 Å². The van der Waals surface area contributed by atoms with Gasteiger partial charge in [-0.25, -0.2) is 0 Å². The van der Waals surface area contributed by atoms with Crippen molar-refractivity contribution in [2.45, 2.75) is 6.54 Å². The Morgan fingerprint density at radius 3 is 2.83 bits per heavy atom. The zero-order valence-corrected chi connectivity index (χ0v) is 10.7. The Balaban J connectivity index is 1.97. The van der Waals surface area contributed by atoms with Crippen molar-refractivity contribution in [3.8, 4) is 0 Å². The average Bonchev–Trinajstić information content (AvgIpc) is 2.42. The Morgan fingerprint density at radius 1 is 1.11 bits per heavy atom. The Bertz CT molecular complexity index is 615. The van der Waals surface area contributed by atoms with Crippen LogP contribution in [0.5, 0.6) is 0 Å². The number of hydrogen-bond acceptors (Lipinski definition) is 2. The van der Waals surface area contributed by atoms with E-state index < -0.39 is 0 Å². The van der Waals surface area contributed by atoms with Gasteiger partial charge in [0, 0.05) is 6.20 Å². The minimum atomic E-state index is 0.176. The number of hydrogen-bond donors (Lipinski definition) is 0. The second kappa shape index (κ2) is 4.86. The van der Waals surface area contributed by atoms with Crippen LogP contribution < -0.4 is 0 Å². The highest BCUT2D eigenvalue weighted by atomic mass is 32.2. The third-order valence-electron chi connectivity index (χ3n) is 3.08. The normalized spacial score (nSPS) is 15.3. The molecule has 2 aromatic carbocycles. The lowest BCUT2D eigenvalue weighted by atomic mass is 10.0. The summed E-state index contributed by atoms with van der Waals surface area (Å²) in [5, 5.41) is 4.42. The maximum atomic E-state index is 11.8. The molecule has 0 bridgehead atoms. The molecule has 1 aliphatic heterocycles. The van der Waals surface area contributed by atoms with Crippen molar-refractivity contribution < 1.29 is 4.79 Å².